The Morgan fingerprint density at radius 3 is 2.84 bits per heavy atom. The summed E-state index contributed by atoms with van der Waals surface area (Å²) in [6.07, 6.45) is 2.08. The average Bonchev–Trinajstić information content (AvgIpc) is 2.81. The van der Waals surface area contributed by atoms with Crippen LogP contribution in [-0.2, 0) is 0 Å². The molecule has 1 saturated heterocycles. The van der Waals surface area contributed by atoms with Crippen molar-refractivity contribution in [1.29, 1.82) is 0 Å². The van der Waals surface area contributed by atoms with Gasteiger partial charge in [0.05, 0.1) is 0 Å². The molecule has 0 radical (unpaired) electrons. The molecule has 1 fully saturated rings. The highest BCUT2D eigenvalue weighted by molar-refractivity contribution is 5.89. The molecule has 1 aliphatic rings. The van der Waals surface area contributed by atoms with Crippen LogP contribution in [0.3, 0.4) is 0 Å². The van der Waals surface area contributed by atoms with Crippen LogP contribution in [0.5, 0.6) is 0 Å². The van der Waals surface area contributed by atoms with Gasteiger partial charge in [-0.15, -0.1) is 5.10 Å². The van der Waals surface area contributed by atoms with Crippen LogP contribution in [-0.4, -0.2) is 39.0 Å². The van der Waals surface area contributed by atoms with Gasteiger partial charge in [-0.25, -0.2) is 4.79 Å². The topological polar surface area (TPSA) is 77.0 Å². The monoisotopic (exact) mass is 259 g/mol. The number of anilines is 1. The number of hydrogen-bond donors (Lipinski definition) is 1. The first kappa shape index (κ1) is 12.0. The van der Waals surface area contributed by atoms with Gasteiger partial charge in [0.1, 0.15) is 11.0 Å². The number of likely N-dealkylation sites (tertiary alicyclic amines) is 1. The summed E-state index contributed by atoms with van der Waals surface area (Å²) in [7, 11) is 0. The Morgan fingerprint density at radius 1 is 1.37 bits per heavy atom. The number of carbonyl (C=O) groups excluding carboxylic acids is 1. The molecule has 2 N–H and O–H groups in total. The third-order valence-electron chi connectivity index (χ3n) is 3.70. The summed E-state index contributed by atoms with van der Waals surface area (Å²) in [5.74, 6) is 0.687. The molecule has 6 nitrogen and oxygen atoms in total. The van der Waals surface area contributed by atoms with Gasteiger partial charge in [-0.1, -0.05) is 12.1 Å². The Morgan fingerprint density at radius 2 is 2.11 bits per heavy atom. The molecule has 0 aliphatic carbocycles. The Labute approximate surface area is 111 Å². The van der Waals surface area contributed by atoms with E-state index in [1.165, 1.54) is 4.68 Å². The summed E-state index contributed by atoms with van der Waals surface area (Å²) in [5, 5.41) is 7.95. The van der Waals surface area contributed by atoms with E-state index < -0.39 is 0 Å². The van der Waals surface area contributed by atoms with Gasteiger partial charge in [-0.05, 0) is 37.0 Å². The van der Waals surface area contributed by atoms with Crippen LogP contribution in [0, 0.1) is 5.92 Å². The first-order valence-corrected chi connectivity index (χ1v) is 6.55. The van der Waals surface area contributed by atoms with E-state index >= 15 is 0 Å². The fourth-order valence-corrected chi connectivity index (χ4v) is 2.41. The fraction of sp³-hybridized carbons (Fsp3) is 0.462. The van der Waals surface area contributed by atoms with Gasteiger partial charge < -0.3 is 10.6 Å². The molecule has 1 aromatic carbocycles. The van der Waals surface area contributed by atoms with Crippen molar-refractivity contribution in [2.45, 2.75) is 19.8 Å². The fourth-order valence-electron chi connectivity index (χ4n) is 2.41. The van der Waals surface area contributed by atoms with Crippen molar-refractivity contribution in [2.75, 3.05) is 18.8 Å². The summed E-state index contributed by atoms with van der Waals surface area (Å²) < 4.78 is 1.35. The van der Waals surface area contributed by atoms with Gasteiger partial charge in [0.15, 0.2) is 0 Å². The number of nitrogens with zero attached hydrogens (tertiary/aromatic N) is 4. The molecule has 0 bridgehead atoms. The number of nitrogens with two attached hydrogens (primary N) is 1. The third-order valence-corrected chi connectivity index (χ3v) is 3.70. The summed E-state index contributed by atoms with van der Waals surface area (Å²) in [6.45, 7) is 3.78. The lowest BCUT2D eigenvalue weighted by Crippen LogP contribution is -2.40. The maximum Gasteiger partial charge on any atom is 0.346 e. The maximum atomic E-state index is 12.4. The van der Waals surface area contributed by atoms with E-state index in [9.17, 15) is 4.79 Å². The lowest BCUT2D eigenvalue weighted by Gasteiger charge is -2.29. The minimum atomic E-state index is -0.111. The molecule has 2 aromatic rings. The number of amides is 1. The second-order valence-corrected chi connectivity index (χ2v) is 5.20. The summed E-state index contributed by atoms with van der Waals surface area (Å²) in [4.78, 5) is 14.3. The second-order valence-electron chi connectivity index (χ2n) is 5.20. The van der Waals surface area contributed by atoms with Crippen molar-refractivity contribution in [3.8, 4) is 0 Å². The van der Waals surface area contributed by atoms with Crippen molar-refractivity contribution >= 4 is 22.8 Å². The molecular formula is C13H17N5O. The average molecular weight is 259 g/mol. The first-order valence-electron chi connectivity index (χ1n) is 6.55. The largest absolute Gasteiger partial charge is 0.399 e. The van der Waals surface area contributed by atoms with E-state index in [0.717, 1.165) is 25.9 Å². The second kappa shape index (κ2) is 4.53. The molecule has 19 heavy (non-hydrogen) atoms. The minimum Gasteiger partial charge on any atom is -0.399 e. The summed E-state index contributed by atoms with van der Waals surface area (Å²) in [5.41, 5.74) is 7.72. The van der Waals surface area contributed by atoms with Gasteiger partial charge in [0, 0.05) is 18.8 Å². The first-order chi connectivity index (χ1) is 9.15. The number of hydrogen-bond acceptors (Lipinski definition) is 4. The van der Waals surface area contributed by atoms with Gasteiger partial charge in [-0.2, -0.15) is 4.68 Å². The van der Waals surface area contributed by atoms with Gasteiger partial charge in [0.25, 0.3) is 0 Å². The zero-order valence-electron chi connectivity index (χ0n) is 10.9. The molecule has 0 atom stereocenters. The lowest BCUT2D eigenvalue weighted by atomic mass is 10.00. The van der Waals surface area contributed by atoms with Crippen molar-refractivity contribution < 1.29 is 4.79 Å². The predicted molar refractivity (Wildman–Crippen MR) is 72.7 cm³/mol. The van der Waals surface area contributed by atoms with Crippen LogP contribution in [0.4, 0.5) is 10.5 Å². The van der Waals surface area contributed by atoms with Crippen LogP contribution in [0.1, 0.15) is 19.8 Å². The zero-order valence-corrected chi connectivity index (χ0v) is 10.9. The van der Waals surface area contributed by atoms with E-state index in [1.54, 1.807) is 18.2 Å². The third kappa shape index (κ3) is 2.14. The number of rotatable bonds is 0. The van der Waals surface area contributed by atoms with Gasteiger partial charge in [-0.3, -0.25) is 0 Å². The highest BCUT2D eigenvalue weighted by atomic mass is 16.2. The van der Waals surface area contributed by atoms with Crippen molar-refractivity contribution in [1.82, 2.24) is 19.9 Å². The number of piperidine rings is 1. The smallest absolute Gasteiger partial charge is 0.346 e. The molecule has 0 saturated carbocycles. The number of aromatic nitrogens is 3. The number of nitrogen functional groups attached to an aromatic ring is 1. The normalized spacial score (nSPS) is 17.0. The molecule has 3 rings (SSSR count). The Balaban J connectivity index is 1.91. The van der Waals surface area contributed by atoms with E-state index in [2.05, 4.69) is 17.2 Å². The predicted octanol–water partition coefficient (Wildman–Crippen LogP) is 1.71. The Kier molecular flexibility index (Phi) is 2.85. The van der Waals surface area contributed by atoms with E-state index in [-0.39, 0.29) is 6.03 Å². The highest BCUT2D eigenvalue weighted by Crippen LogP contribution is 2.19. The maximum absolute atomic E-state index is 12.4. The quantitative estimate of drug-likeness (QED) is 0.731. The number of fused-ring (bicyclic) bond motifs is 1. The van der Waals surface area contributed by atoms with E-state index in [0.29, 0.717) is 22.6 Å². The summed E-state index contributed by atoms with van der Waals surface area (Å²) >= 11 is 0. The number of benzene rings is 1. The highest BCUT2D eigenvalue weighted by Gasteiger charge is 2.23. The molecule has 1 amide bonds. The molecule has 1 aromatic heterocycles. The molecule has 6 heteroatoms. The zero-order chi connectivity index (χ0) is 13.4. The van der Waals surface area contributed by atoms with E-state index in [4.69, 9.17) is 5.73 Å². The van der Waals surface area contributed by atoms with Crippen LogP contribution >= 0.6 is 0 Å². The molecule has 2 heterocycles. The Bertz CT molecular complexity index is 613. The van der Waals surface area contributed by atoms with Crippen LogP contribution in [0.15, 0.2) is 18.2 Å². The Hall–Kier alpha value is -2.11. The van der Waals surface area contributed by atoms with Crippen LogP contribution < -0.4 is 5.73 Å². The van der Waals surface area contributed by atoms with Crippen LogP contribution in [0.2, 0.25) is 0 Å². The van der Waals surface area contributed by atoms with E-state index in [1.807, 2.05) is 4.90 Å². The van der Waals surface area contributed by atoms with Crippen molar-refractivity contribution in [2.24, 2.45) is 5.92 Å². The van der Waals surface area contributed by atoms with Gasteiger partial charge >= 0.3 is 6.03 Å². The summed E-state index contributed by atoms with van der Waals surface area (Å²) in [6, 6.07) is 5.16. The standard InChI is InChI=1S/C13H17N5O/c1-9-4-6-17(7-5-9)13(19)18-12-8-10(14)2-3-11(12)15-16-18/h2-3,8-9H,4-7,14H2,1H3. The molecule has 0 unspecified atom stereocenters. The van der Waals surface area contributed by atoms with Crippen molar-refractivity contribution in [3.63, 3.8) is 0 Å². The van der Waals surface area contributed by atoms with Crippen molar-refractivity contribution in [3.05, 3.63) is 18.2 Å². The molecule has 0 spiro atoms. The molecule has 1 aliphatic heterocycles. The molecular weight excluding hydrogens is 242 g/mol. The van der Waals surface area contributed by atoms with Crippen LogP contribution in [0.25, 0.3) is 11.0 Å². The lowest BCUT2D eigenvalue weighted by molar-refractivity contribution is 0.173. The SMILES string of the molecule is CC1CCN(C(=O)n2nnc3ccc(N)cc32)CC1. The van der Waals surface area contributed by atoms with Gasteiger partial charge in [0.2, 0.25) is 0 Å². The minimum absolute atomic E-state index is 0.111. The molecule has 100 valence electrons. The number of carbonyl (C=O) groups is 1.